The van der Waals surface area contributed by atoms with Crippen LogP contribution in [0.2, 0.25) is 0 Å². The van der Waals surface area contributed by atoms with Crippen molar-refractivity contribution in [3.63, 3.8) is 0 Å². The van der Waals surface area contributed by atoms with E-state index in [9.17, 15) is 0 Å². The molecule has 0 saturated carbocycles. The van der Waals surface area contributed by atoms with Crippen LogP contribution in [0.4, 0.5) is 0 Å². The zero-order chi connectivity index (χ0) is 36.0. The van der Waals surface area contributed by atoms with Gasteiger partial charge in [-0.25, -0.2) is 0 Å². The van der Waals surface area contributed by atoms with Crippen LogP contribution < -0.4 is 0 Å². The highest BCUT2D eigenvalue weighted by Crippen LogP contribution is 2.38. The van der Waals surface area contributed by atoms with Crippen LogP contribution in [-0.2, 0) is 0 Å². The van der Waals surface area contributed by atoms with Gasteiger partial charge in [-0.05, 0) is 48.6 Å². The molecule has 0 amide bonds. The first-order chi connectivity index (χ1) is 24.8. The van der Waals surface area contributed by atoms with Crippen LogP contribution in [0.15, 0.2) is 24.3 Å². The molecule has 2 unspecified atom stereocenters. The Morgan fingerprint density at radius 2 is 0.460 bits per heavy atom. The number of hydrogen-bond donors (Lipinski definition) is 0. The second kappa shape index (κ2) is 38.0. The van der Waals surface area contributed by atoms with Gasteiger partial charge in [-0.3, -0.25) is 0 Å². The SMILES string of the molecule is CCCCCCCCCCCCCCCCCC(CCCC)c1ccccc1C(CCCC)CCCCCCCCCCCCCCCCC. The predicted octanol–water partition coefficient (Wildman–Crippen LogP) is 18.8. The third-order valence-corrected chi connectivity index (χ3v) is 12.0. The molecule has 0 saturated heterocycles. The monoisotopic (exact) mass is 695 g/mol. The maximum atomic E-state index is 2.55. The van der Waals surface area contributed by atoms with E-state index in [-0.39, 0.29) is 0 Å². The quantitative estimate of drug-likeness (QED) is 0.0600. The van der Waals surface area contributed by atoms with E-state index in [4.69, 9.17) is 0 Å². The minimum atomic E-state index is 0.776. The van der Waals surface area contributed by atoms with E-state index in [1.807, 2.05) is 0 Å². The molecule has 0 bridgehead atoms. The third kappa shape index (κ3) is 27.8. The molecule has 50 heavy (non-hydrogen) atoms. The summed E-state index contributed by atoms with van der Waals surface area (Å²) in [6.07, 6.45) is 54.7. The summed E-state index contributed by atoms with van der Waals surface area (Å²) in [5, 5.41) is 0. The fraction of sp³-hybridized carbons (Fsp3) is 0.880. The molecule has 0 radical (unpaired) electrons. The summed E-state index contributed by atoms with van der Waals surface area (Å²) in [5.74, 6) is 1.55. The van der Waals surface area contributed by atoms with Gasteiger partial charge in [0.2, 0.25) is 0 Å². The Hall–Kier alpha value is -0.780. The van der Waals surface area contributed by atoms with Crippen molar-refractivity contribution >= 4 is 0 Å². The molecule has 0 aliphatic rings. The number of benzene rings is 1. The second-order valence-electron chi connectivity index (χ2n) is 16.8. The van der Waals surface area contributed by atoms with Gasteiger partial charge < -0.3 is 0 Å². The fourth-order valence-electron chi connectivity index (χ4n) is 8.59. The summed E-state index contributed by atoms with van der Waals surface area (Å²) in [6, 6.07) is 9.81. The molecule has 1 rings (SSSR count). The van der Waals surface area contributed by atoms with E-state index in [1.54, 1.807) is 11.1 Å². The first kappa shape index (κ1) is 47.2. The second-order valence-corrected chi connectivity index (χ2v) is 16.8. The largest absolute Gasteiger partial charge is 0.0654 e. The summed E-state index contributed by atoms with van der Waals surface area (Å²) in [5.41, 5.74) is 3.49. The number of hydrogen-bond acceptors (Lipinski definition) is 0. The van der Waals surface area contributed by atoms with E-state index in [2.05, 4.69) is 52.0 Å². The van der Waals surface area contributed by atoms with Gasteiger partial charge in [0.05, 0.1) is 0 Å². The van der Waals surface area contributed by atoms with Crippen molar-refractivity contribution in [2.24, 2.45) is 0 Å². The Balaban J connectivity index is 2.36. The zero-order valence-electron chi connectivity index (χ0n) is 35.3. The van der Waals surface area contributed by atoms with Gasteiger partial charge in [0.25, 0.3) is 0 Å². The molecular formula is C50H94. The maximum Gasteiger partial charge on any atom is -0.0159 e. The summed E-state index contributed by atoms with van der Waals surface area (Å²) in [7, 11) is 0. The molecule has 0 heteroatoms. The molecule has 0 aliphatic heterocycles. The Bertz CT molecular complexity index is 713. The highest BCUT2D eigenvalue weighted by Gasteiger charge is 2.20. The van der Waals surface area contributed by atoms with Crippen molar-refractivity contribution in [1.82, 2.24) is 0 Å². The van der Waals surface area contributed by atoms with Crippen molar-refractivity contribution in [3.8, 4) is 0 Å². The van der Waals surface area contributed by atoms with Crippen molar-refractivity contribution in [1.29, 1.82) is 0 Å². The van der Waals surface area contributed by atoms with E-state index in [0.29, 0.717) is 0 Å². The number of unbranched alkanes of at least 4 members (excludes halogenated alkanes) is 30. The molecule has 0 aliphatic carbocycles. The molecule has 0 N–H and O–H groups in total. The van der Waals surface area contributed by atoms with Gasteiger partial charge in [-0.2, -0.15) is 0 Å². The summed E-state index contributed by atoms with van der Waals surface area (Å²) < 4.78 is 0. The highest BCUT2D eigenvalue weighted by atomic mass is 14.3. The third-order valence-electron chi connectivity index (χ3n) is 12.0. The normalized spacial score (nSPS) is 12.9. The first-order valence-electron chi connectivity index (χ1n) is 23.9. The van der Waals surface area contributed by atoms with Gasteiger partial charge >= 0.3 is 0 Å². The number of rotatable bonds is 40. The highest BCUT2D eigenvalue weighted by molar-refractivity contribution is 5.33. The minimum Gasteiger partial charge on any atom is -0.0654 e. The molecule has 0 fully saturated rings. The topological polar surface area (TPSA) is 0 Å². The molecule has 0 heterocycles. The van der Waals surface area contributed by atoms with Gasteiger partial charge in [0.1, 0.15) is 0 Å². The summed E-state index contributed by atoms with van der Waals surface area (Å²) >= 11 is 0. The van der Waals surface area contributed by atoms with E-state index in [1.165, 1.54) is 244 Å². The lowest BCUT2D eigenvalue weighted by Gasteiger charge is -2.26. The van der Waals surface area contributed by atoms with Gasteiger partial charge in [0.15, 0.2) is 0 Å². The predicted molar refractivity (Wildman–Crippen MR) is 230 cm³/mol. The molecule has 2 atom stereocenters. The average Bonchev–Trinajstić information content (AvgIpc) is 3.14. The van der Waals surface area contributed by atoms with Crippen LogP contribution in [0.3, 0.4) is 0 Å². The average molecular weight is 695 g/mol. The van der Waals surface area contributed by atoms with Crippen LogP contribution in [-0.4, -0.2) is 0 Å². The van der Waals surface area contributed by atoms with Crippen molar-refractivity contribution in [3.05, 3.63) is 35.4 Å². The van der Waals surface area contributed by atoms with E-state index >= 15 is 0 Å². The van der Waals surface area contributed by atoms with Crippen molar-refractivity contribution in [2.75, 3.05) is 0 Å². The lowest BCUT2D eigenvalue weighted by molar-refractivity contribution is 0.472. The zero-order valence-corrected chi connectivity index (χ0v) is 35.3. The lowest BCUT2D eigenvalue weighted by Crippen LogP contribution is -2.08. The molecule has 0 spiro atoms. The van der Waals surface area contributed by atoms with Crippen LogP contribution >= 0.6 is 0 Å². The summed E-state index contributed by atoms with van der Waals surface area (Å²) in [4.78, 5) is 0. The molecular weight excluding hydrogens is 601 g/mol. The van der Waals surface area contributed by atoms with E-state index < -0.39 is 0 Å². The van der Waals surface area contributed by atoms with Crippen LogP contribution in [0.25, 0.3) is 0 Å². The smallest absolute Gasteiger partial charge is 0.0159 e. The van der Waals surface area contributed by atoms with Crippen molar-refractivity contribution < 1.29 is 0 Å². The Morgan fingerprint density at radius 3 is 0.700 bits per heavy atom. The van der Waals surface area contributed by atoms with Crippen molar-refractivity contribution in [2.45, 2.75) is 284 Å². The lowest BCUT2D eigenvalue weighted by atomic mass is 9.79. The van der Waals surface area contributed by atoms with Crippen LogP contribution in [0, 0.1) is 0 Å². The Kier molecular flexibility index (Phi) is 35.9. The summed E-state index contributed by atoms with van der Waals surface area (Å²) in [6.45, 7) is 9.40. The molecule has 1 aromatic carbocycles. The molecule has 0 aromatic heterocycles. The molecule has 294 valence electrons. The van der Waals surface area contributed by atoms with Crippen LogP contribution in [0.5, 0.6) is 0 Å². The van der Waals surface area contributed by atoms with Gasteiger partial charge in [-0.15, -0.1) is 0 Å². The fourth-order valence-corrected chi connectivity index (χ4v) is 8.59. The standard InChI is InChI=1S/C50H94/c1-5-9-13-15-17-19-21-23-25-27-29-31-33-35-37-43-47(41-11-7-3)49-45-39-40-46-50(49)48(42-12-8-4)44-38-36-34-32-30-28-26-24-22-20-18-16-14-10-6-2/h39-40,45-48H,5-38,41-44H2,1-4H3. The molecule has 0 nitrogen and oxygen atoms in total. The van der Waals surface area contributed by atoms with Gasteiger partial charge in [0, 0.05) is 0 Å². The first-order valence-corrected chi connectivity index (χ1v) is 23.9. The molecule has 1 aromatic rings. The van der Waals surface area contributed by atoms with Crippen LogP contribution in [0.1, 0.15) is 295 Å². The van der Waals surface area contributed by atoms with E-state index in [0.717, 1.165) is 11.8 Å². The Morgan fingerprint density at radius 1 is 0.260 bits per heavy atom. The van der Waals surface area contributed by atoms with Gasteiger partial charge in [-0.1, -0.05) is 270 Å². The Labute approximate surface area is 317 Å². The maximum absolute atomic E-state index is 2.55. The minimum absolute atomic E-state index is 0.776.